The molecule has 3 aromatic carbocycles. The van der Waals surface area contributed by atoms with E-state index < -0.39 is 16.0 Å². The van der Waals surface area contributed by atoms with Gasteiger partial charge in [-0.3, -0.25) is 4.79 Å². The van der Waals surface area contributed by atoms with Crippen molar-refractivity contribution >= 4 is 33.8 Å². The van der Waals surface area contributed by atoms with E-state index >= 15 is 0 Å². The van der Waals surface area contributed by atoms with Crippen molar-refractivity contribution in [1.29, 1.82) is 0 Å². The number of hydrazone groups is 1. The minimum Gasteiger partial charge on any atom is -0.496 e. The van der Waals surface area contributed by atoms with Crippen LogP contribution in [-0.2, 0) is 10.1 Å². The summed E-state index contributed by atoms with van der Waals surface area (Å²) in [7, 11) is -2.65. The molecule has 1 N–H and O–H groups in total. The number of benzene rings is 3. The van der Waals surface area contributed by atoms with Crippen LogP contribution < -0.4 is 19.1 Å². The van der Waals surface area contributed by atoms with Crippen molar-refractivity contribution in [3.8, 4) is 17.2 Å². The molecule has 0 saturated heterocycles. The third kappa shape index (κ3) is 6.06. The van der Waals surface area contributed by atoms with Crippen molar-refractivity contribution in [2.45, 2.75) is 18.7 Å². The Balaban J connectivity index is 1.82. The zero-order valence-corrected chi connectivity index (χ0v) is 20.3. The summed E-state index contributed by atoms with van der Waals surface area (Å²) < 4.78 is 41.3. The van der Waals surface area contributed by atoms with E-state index in [4.69, 9.17) is 25.3 Å². The van der Waals surface area contributed by atoms with E-state index in [1.165, 1.54) is 37.6 Å². The van der Waals surface area contributed by atoms with Gasteiger partial charge in [0.15, 0.2) is 5.75 Å². The number of carbonyl (C=O) groups excluding carboxylic acids is 1. The van der Waals surface area contributed by atoms with Crippen LogP contribution >= 0.6 is 11.6 Å². The fraction of sp³-hybridized carbons (Fsp3) is 0.167. The van der Waals surface area contributed by atoms with Crippen molar-refractivity contribution in [3.05, 3.63) is 82.4 Å². The van der Waals surface area contributed by atoms with Crippen LogP contribution in [0.15, 0.2) is 70.7 Å². The third-order valence-corrected chi connectivity index (χ3v) is 6.05. The first-order valence-electron chi connectivity index (χ1n) is 10.2. The summed E-state index contributed by atoms with van der Waals surface area (Å²) in [4.78, 5) is 12.4. The first-order valence-corrected chi connectivity index (χ1v) is 12.0. The molecule has 0 heterocycles. The largest absolute Gasteiger partial charge is 0.496 e. The number of amides is 1. The summed E-state index contributed by atoms with van der Waals surface area (Å²) in [6, 6.07) is 15.8. The van der Waals surface area contributed by atoms with Crippen LogP contribution in [0.5, 0.6) is 17.2 Å². The molecule has 0 atom stereocenters. The van der Waals surface area contributed by atoms with Gasteiger partial charge in [0.2, 0.25) is 5.75 Å². The average molecular weight is 503 g/mol. The molecule has 0 aliphatic heterocycles. The van der Waals surface area contributed by atoms with E-state index in [1.54, 1.807) is 43.3 Å². The van der Waals surface area contributed by atoms with Gasteiger partial charge < -0.3 is 13.7 Å². The summed E-state index contributed by atoms with van der Waals surface area (Å²) in [5.74, 6) is -0.0610. The lowest BCUT2D eigenvalue weighted by Gasteiger charge is -2.14. The van der Waals surface area contributed by atoms with Crippen LogP contribution in [0.1, 0.15) is 28.4 Å². The monoisotopic (exact) mass is 502 g/mol. The Hall–Kier alpha value is -3.56. The van der Waals surface area contributed by atoms with E-state index in [0.717, 1.165) is 5.56 Å². The predicted molar refractivity (Wildman–Crippen MR) is 130 cm³/mol. The number of carbonyl (C=O) groups is 1. The van der Waals surface area contributed by atoms with Crippen molar-refractivity contribution in [2.24, 2.45) is 5.10 Å². The van der Waals surface area contributed by atoms with Gasteiger partial charge in [0, 0.05) is 0 Å². The number of methoxy groups -OCH3 is 1. The molecule has 0 aliphatic carbocycles. The van der Waals surface area contributed by atoms with Crippen LogP contribution in [0.3, 0.4) is 0 Å². The molecule has 0 saturated carbocycles. The number of aryl methyl sites for hydroxylation is 1. The zero-order valence-electron chi connectivity index (χ0n) is 18.7. The lowest BCUT2D eigenvalue weighted by Crippen LogP contribution is -2.18. The number of ether oxygens (including phenoxy) is 2. The van der Waals surface area contributed by atoms with E-state index in [0.29, 0.717) is 16.9 Å². The Kier molecular flexibility index (Phi) is 8.14. The molecule has 1 amide bonds. The molecule has 0 fully saturated rings. The van der Waals surface area contributed by atoms with Crippen molar-refractivity contribution in [2.75, 3.05) is 13.7 Å². The molecule has 8 nitrogen and oxygen atoms in total. The van der Waals surface area contributed by atoms with Gasteiger partial charge in [-0.05, 0) is 61.4 Å². The molecule has 3 aromatic rings. The molecule has 10 heteroatoms. The van der Waals surface area contributed by atoms with Crippen molar-refractivity contribution < 1.29 is 26.9 Å². The SMILES string of the molecule is CCOc1cc(/C=N\NC(=O)c2ccc(C)cc2OC)cc(Cl)c1OS(=O)(=O)c1ccccc1. The summed E-state index contributed by atoms with van der Waals surface area (Å²) >= 11 is 6.32. The average Bonchev–Trinajstić information content (AvgIpc) is 2.82. The highest BCUT2D eigenvalue weighted by atomic mass is 35.5. The summed E-state index contributed by atoms with van der Waals surface area (Å²) in [5, 5.41) is 3.96. The molecular weight excluding hydrogens is 480 g/mol. The number of hydrogen-bond acceptors (Lipinski definition) is 7. The lowest BCUT2D eigenvalue weighted by molar-refractivity contribution is 0.0952. The first-order chi connectivity index (χ1) is 16.2. The Morgan fingerprint density at radius 1 is 1.09 bits per heavy atom. The standard InChI is InChI=1S/C24H23ClN2O6S/c1-4-32-22-14-17(15-26-27-24(28)19-11-10-16(2)12-21(19)31-3)13-20(25)23(22)33-34(29,30)18-8-6-5-7-9-18/h5-15H,4H2,1-3H3,(H,27,28)/b26-15-. The molecular formula is C24H23ClN2O6S. The minimum absolute atomic E-state index is 0.00145. The molecule has 0 aromatic heterocycles. The van der Waals surface area contributed by atoms with Gasteiger partial charge >= 0.3 is 10.1 Å². The van der Waals surface area contributed by atoms with Gasteiger partial charge in [-0.25, -0.2) is 5.43 Å². The maximum Gasteiger partial charge on any atom is 0.339 e. The number of nitrogens with one attached hydrogen (secondary N) is 1. The fourth-order valence-electron chi connectivity index (χ4n) is 2.96. The summed E-state index contributed by atoms with van der Waals surface area (Å²) in [5.41, 5.74) is 4.16. The predicted octanol–water partition coefficient (Wildman–Crippen LogP) is 4.59. The smallest absolute Gasteiger partial charge is 0.339 e. The number of hydrogen-bond donors (Lipinski definition) is 1. The number of rotatable bonds is 9. The van der Waals surface area contributed by atoms with Crippen LogP contribution in [0.4, 0.5) is 0 Å². The van der Waals surface area contributed by atoms with Gasteiger partial charge in [-0.2, -0.15) is 13.5 Å². The van der Waals surface area contributed by atoms with Crippen molar-refractivity contribution in [3.63, 3.8) is 0 Å². The topological polar surface area (TPSA) is 103 Å². The highest BCUT2D eigenvalue weighted by molar-refractivity contribution is 7.87. The van der Waals surface area contributed by atoms with E-state index in [1.807, 2.05) is 6.92 Å². The Labute approximate surface area is 203 Å². The van der Waals surface area contributed by atoms with Crippen LogP contribution in [0, 0.1) is 6.92 Å². The molecule has 0 radical (unpaired) electrons. The highest BCUT2D eigenvalue weighted by Gasteiger charge is 2.22. The van der Waals surface area contributed by atoms with Gasteiger partial charge in [-0.1, -0.05) is 35.9 Å². The number of nitrogens with zero attached hydrogens (tertiary/aromatic N) is 1. The molecule has 0 spiro atoms. The van der Waals surface area contributed by atoms with E-state index in [2.05, 4.69) is 10.5 Å². The fourth-order valence-corrected chi connectivity index (χ4v) is 4.24. The Bertz CT molecular complexity index is 1310. The van der Waals surface area contributed by atoms with Crippen LogP contribution in [0.25, 0.3) is 0 Å². The van der Waals surface area contributed by atoms with Crippen LogP contribution in [-0.4, -0.2) is 34.3 Å². The third-order valence-electron chi connectivity index (χ3n) is 4.54. The lowest BCUT2D eigenvalue weighted by atomic mass is 10.1. The first kappa shape index (κ1) is 25.1. The second-order valence-electron chi connectivity index (χ2n) is 7.02. The normalized spacial score (nSPS) is 11.3. The second-order valence-corrected chi connectivity index (χ2v) is 8.97. The van der Waals surface area contributed by atoms with Gasteiger partial charge in [-0.15, -0.1) is 0 Å². The van der Waals surface area contributed by atoms with E-state index in [9.17, 15) is 13.2 Å². The summed E-state index contributed by atoms with van der Waals surface area (Å²) in [6.45, 7) is 3.86. The highest BCUT2D eigenvalue weighted by Crippen LogP contribution is 2.38. The molecule has 0 aliphatic rings. The van der Waals surface area contributed by atoms with Crippen molar-refractivity contribution in [1.82, 2.24) is 5.43 Å². The Morgan fingerprint density at radius 2 is 1.82 bits per heavy atom. The maximum atomic E-state index is 12.6. The van der Waals surface area contributed by atoms with Gasteiger partial charge in [0.05, 0.1) is 30.5 Å². The van der Waals surface area contributed by atoms with Gasteiger partial charge in [0.25, 0.3) is 5.91 Å². The second kappa shape index (κ2) is 11.0. The minimum atomic E-state index is -4.13. The molecule has 0 bridgehead atoms. The molecule has 0 unspecified atom stereocenters. The van der Waals surface area contributed by atoms with E-state index in [-0.39, 0.29) is 28.0 Å². The molecule has 34 heavy (non-hydrogen) atoms. The molecule has 3 rings (SSSR count). The van der Waals surface area contributed by atoms with Gasteiger partial charge in [0.1, 0.15) is 10.6 Å². The maximum absolute atomic E-state index is 12.6. The number of halogens is 1. The summed E-state index contributed by atoms with van der Waals surface area (Å²) in [6.07, 6.45) is 1.35. The van der Waals surface area contributed by atoms with Crippen LogP contribution in [0.2, 0.25) is 5.02 Å². The Morgan fingerprint density at radius 3 is 2.50 bits per heavy atom. The zero-order chi connectivity index (χ0) is 24.7. The molecule has 178 valence electrons. The quantitative estimate of drug-likeness (QED) is 0.261.